The number of hydrogen-bond acceptors (Lipinski definition) is 4. The maximum Gasteiger partial charge on any atom is 0.321 e. The second kappa shape index (κ2) is 7.18. The Hall–Kier alpha value is -1.50. The largest absolute Gasteiger partial charge is 0.336 e. The molecular formula is C12H20N4O2S. The van der Waals surface area contributed by atoms with Crippen LogP contribution in [0.3, 0.4) is 0 Å². The molecule has 1 aromatic heterocycles. The first kappa shape index (κ1) is 15.6. The smallest absolute Gasteiger partial charge is 0.321 e. The predicted molar refractivity (Wildman–Crippen MR) is 75.1 cm³/mol. The highest BCUT2D eigenvalue weighted by Crippen LogP contribution is 2.19. The van der Waals surface area contributed by atoms with E-state index >= 15 is 0 Å². The Morgan fingerprint density at radius 2 is 2.05 bits per heavy atom. The van der Waals surface area contributed by atoms with Gasteiger partial charge in [-0.15, -0.1) is 0 Å². The molecule has 0 unspecified atom stereocenters. The molecular weight excluding hydrogens is 264 g/mol. The first-order valence-corrected chi connectivity index (χ1v) is 7.14. The van der Waals surface area contributed by atoms with Crippen LogP contribution in [0.25, 0.3) is 0 Å². The van der Waals surface area contributed by atoms with Gasteiger partial charge in [-0.3, -0.25) is 10.1 Å². The van der Waals surface area contributed by atoms with Gasteiger partial charge in [0, 0.05) is 24.5 Å². The van der Waals surface area contributed by atoms with Gasteiger partial charge in [-0.2, -0.15) is 0 Å². The average Bonchev–Trinajstić information content (AvgIpc) is 2.73. The third kappa shape index (κ3) is 5.34. The van der Waals surface area contributed by atoms with Crippen LogP contribution in [0.2, 0.25) is 0 Å². The van der Waals surface area contributed by atoms with Gasteiger partial charge in [0.1, 0.15) is 0 Å². The molecule has 0 saturated heterocycles. The fourth-order valence-corrected chi connectivity index (χ4v) is 2.28. The van der Waals surface area contributed by atoms with Gasteiger partial charge in [-0.25, -0.2) is 9.78 Å². The molecule has 106 valence electrons. The summed E-state index contributed by atoms with van der Waals surface area (Å²) in [6.07, 6.45) is 3.57. The Morgan fingerprint density at radius 3 is 2.63 bits per heavy atom. The summed E-state index contributed by atoms with van der Waals surface area (Å²) >= 11 is 1.31. The monoisotopic (exact) mass is 284 g/mol. The summed E-state index contributed by atoms with van der Waals surface area (Å²) in [5, 5.41) is 5.64. The highest BCUT2D eigenvalue weighted by atomic mass is 32.2. The number of aromatic nitrogens is 2. The Labute approximate surface area is 117 Å². The number of carbonyl (C=O) groups excluding carboxylic acids is 2. The lowest BCUT2D eigenvalue weighted by Crippen LogP contribution is -2.43. The Morgan fingerprint density at radius 1 is 1.37 bits per heavy atom. The first-order chi connectivity index (χ1) is 8.90. The molecule has 0 saturated carbocycles. The third-order valence-electron chi connectivity index (χ3n) is 2.19. The molecule has 19 heavy (non-hydrogen) atoms. The fraction of sp³-hybridized carbons (Fsp3) is 0.583. The maximum absolute atomic E-state index is 11.6. The molecule has 2 N–H and O–H groups in total. The molecule has 3 amide bonds. The lowest BCUT2D eigenvalue weighted by molar-refractivity contribution is -0.117. The summed E-state index contributed by atoms with van der Waals surface area (Å²) in [7, 11) is 0. The number of thioether (sulfide) groups is 1. The number of imide groups is 1. The van der Waals surface area contributed by atoms with Crippen molar-refractivity contribution in [1.82, 2.24) is 20.2 Å². The minimum atomic E-state index is -0.465. The molecule has 0 aliphatic rings. The molecule has 1 rings (SSSR count). The molecule has 0 aliphatic carbocycles. The number of nitrogens with one attached hydrogen (secondary N) is 2. The van der Waals surface area contributed by atoms with Gasteiger partial charge in [0.2, 0.25) is 5.91 Å². The van der Waals surface area contributed by atoms with E-state index in [1.54, 1.807) is 6.20 Å². The first-order valence-electron chi connectivity index (χ1n) is 6.16. The Balaban J connectivity index is 2.42. The van der Waals surface area contributed by atoms with E-state index in [4.69, 9.17) is 0 Å². The van der Waals surface area contributed by atoms with E-state index in [0.717, 1.165) is 5.16 Å². The Kier molecular flexibility index (Phi) is 5.88. The van der Waals surface area contributed by atoms with Gasteiger partial charge >= 0.3 is 6.03 Å². The van der Waals surface area contributed by atoms with Gasteiger partial charge in [0.15, 0.2) is 5.16 Å². The van der Waals surface area contributed by atoms with E-state index in [2.05, 4.69) is 15.6 Å². The Bertz CT molecular complexity index is 443. The summed E-state index contributed by atoms with van der Waals surface area (Å²) < 4.78 is 1.98. The SMILES string of the molecule is CC(C)NC(=O)NC(=O)CSc1nccn1C(C)C. The van der Waals surface area contributed by atoms with Crippen molar-refractivity contribution in [3.05, 3.63) is 12.4 Å². The predicted octanol–water partition coefficient (Wildman–Crippen LogP) is 1.79. The van der Waals surface area contributed by atoms with Crippen molar-refractivity contribution >= 4 is 23.7 Å². The van der Waals surface area contributed by atoms with Crippen LogP contribution in [0, 0.1) is 0 Å². The third-order valence-corrected chi connectivity index (χ3v) is 3.18. The number of carbonyl (C=O) groups is 2. The topological polar surface area (TPSA) is 76.0 Å². The van der Waals surface area contributed by atoms with Crippen molar-refractivity contribution in [3.63, 3.8) is 0 Å². The summed E-state index contributed by atoms with van der Waals surface area (Å²) in [6, 6.07) is -0.176. The number of nitrogens with zero attached hydrogens (tertiary/aromatic N) is 2. The van der Waals surface area contributed by atoms with Crippen LogP contribution in [0.15, 0.2) is 17.6 Å². The average molecular weight is 284 g/mol. The normalized spacial score (nSPS) is 10.8. The van der Waals surface area contributed by atoms with E-state index in [1.165, 1.54) is 11.8 Å². The zero-order chi connectivity index (χ0) is 14.4. The molecule has 7 heteroatoms. The molecule has 0 spiro atoms. The van der Waals surface area contributed by atoms with Crippen molar-refractivity contribution in [3.8, 4) is 0 Å². The van der Waals surface area contributed by atoms with Crippen LogP contribution in [-0.4, -0.2) is 33.3 Å². The van der Waals surface area contributed by atoms with Gasteiger partial charge < -0.3 is 9.88 Å². The zero-order valence-electron chi connectivity index (χ0n) is 11.6. The van der Waals surface area contributed by atoms with Crippen molar-refractivity contribution in [2.75, 3.05) is 5.75 Å². The van der Waals surface area contributed by atoms with Gasteiger partial charge in [-0.1, -0.05) is 11.8 Å². The van der Waals surface area contributed by atoms with Crippen molar-refractivity contribution in [2.24, 2.45) is 0 Å². The highest BCUT2D eigenvalue weighted by Gasteiger charge is 2.12. The molecule has 1 aromatic rings. The highest BCUT2D eigenvalue weighted by molar-refractivity contribution is 7.99. The molecule has 0 fully saturated rings. The maximum atomic E-state index is 11.6. The molecule has 0 aliphatic heterocycles. The minimum absolute atomic E-state index is 0.000271. The van der Waals surface area contributed by atoms with E-state index in [9.17, 15) is 9.59 Å². The fourth-order valence-electron chi connectivity index (χ4n) is 1.40. The molecule has 6 nitrogen and oxygen atoms in total. The van der Waals surface area contributed by atoms with Crippen molar-refractivity contribution in [1.29, 1.82) is 0 Å². The number of amides is 3. The summed E-state index contributed by atoms with van der Waals surface area (Å²) in [5.41, 5.74) is 0. The standard InChI is InChI=1S/C12H20N4O2S/c1-8(2)14-11(18)15-10(17)7-19-12-13-5-6-16(12)9(3)4/h5-6,8-9H,7H2,1-4H3,(H2,14,15,17,18). The van der Waals surface area contributed by atoms with Gasteiger partial charge in [0.25, 0.3) is 0 Å². The van der Waals surface area contributed by atoms with E-state index < -0.39 is 6.03 Å². The van der Waals surface area contributed by atoms with Crippen molar-refractivity contribution < 1.29 is 9.59 Å². The molecule has 0 atom stereocenters. The van der Waals surface area contributed by atoms with Crippen LogP contribution in [0.1, 0.15) is 33.7 Å². The van der Waals surface area contributed by atoms with Crippen LogP contribution in [0.5, 0.6) is 0 Å². The van der Waals surface area contributed by atoms with E-state index in [0.29, 0.717) is 0 Å². The van der Waals surface area contributed by atoms with Crippen LogP contribution >= 0.6 is 11.8 Å². The van der Waals surface area contributed by atoms with Gasteiger partial charge in [0.05, 0.1) is 5.75 Å². The van der Waals surface area contributed by atoms with E-state index in [-0.39, 0.29) is 23.7 Å². The zero-order valence-corrected chi connectivity index (χ0v) is 12.5. The number of rotatable bonds is 5. The number of imidazole rings is 1. The summed E-state index contributed by atoms with van der Waals surface area (Å²) in [6.45, 7) is 7.75. The van der Waals surface area contributed by atoms with Crippen LogP contribution in [-0.2, 0) is 4.79 Å². The second-order valence-corrected chi connectivity index (χ2v) is 5.62. The van der Waals surface area contributed by atoms with E-state index in [1.807, 2.05) is 38.5 Å². The molecule has 0 radical (unpaired) electrons. The lowest BCUT2D eigenvalue weighted by atomic mass is 10.4. The van der Waals surface area contributed by atoms with Gasteiger partial charge in [-0.05, 0) is 27.7 Å². The minimum Gasteiger partial charge on any atom is -0.336 e. The molecule has 0 bridgehead atoms. The van der Waals surface area contributed by atoms with Crippen LogP contribution in [0.4, 0.5) is 4.79 Å². The van der Waals surface area contributed by atoms with Crippen LogP contribution < -0.4 is 10.6 Å². The second-order valence-electron chi connectivity index (χ2n) is 4.68. The summed E-state index contributed by atoms with van der Waals surface area (Å²) in [4.78, 5) is 27.1. The molecule has 0 aromatic carbocycles. The number of hydrogen-bond donors (Lipinski definition) is 2. The lowest BCUT2D eigenvalue weighted by Gasteiger charge is -2.11. The molecule has 1 heterocycles. The number of urea groups is 1. The van der Waals surface area contributed by atoms with Crippen molar-refractivity contribution in [2.45, 2.75) is 44.9 Å². The quantitative estimate of drug-likeness (QED) is 0.808. The summed E-state index contributed by atoms with van der Waals surface area (Å²) in [5.74, 6) is -0.170.